The summed E-state index contributed by atoms with van der Waals surface area (Å²) in [5.41, 5.74) is 2.02. The molecule has 0 unspecified atom stereocenters. The molecule has 1 aromatic heterocycles. The zero-order valence-corrected chi connectivity index (χ0v) is 17.8. The van der Waals surface area contributed by atoms with Crippen LogP contribution >= 0.6 is 0 Å². The maximum atomic E-state index is 13.0. The van der Waals surface area contributed by atoms with Crippen molar-refractivity contribution in [1.82, 2.24) is 14.7 Å². The van der Waals surface area contributed by atoms with E-state index in [0.717, 1.165) is 21.4 Å². The zero-order chi connectivity index (χ0) is 23.6. The Bertz CT molecular complexity index is 1270. The van der Waals surface area contributed by atoms with Crippen LogP contribution in [0.15, 0.2) is 41.2 Å². The molecule has 0 spiro atoms. The second-order valence-corrected chi connectivity index (χ2v) is 7.54. The number of aryl methyl sites for hydroxylation is 1. The predicted octanol–water partition coefficient (Wildman–Crippen LogP) is 3.13. The SMILES string of the molecule is Cc1cccc(C(C)C)c1CNC(=O)n1c(=O)c2cccc(OC(=O)O)c2n1CC(=O)O. The number of carboxylic acid groups (broad SMARTS) is 2. The molecule has 3 N–H and O–H groups in total. The van der Waals surface area contributed by atoms with Gasteiger partial charge < -0.3 is 20.3 Å². The molecule has 32 heavy (non-hydrogen) atoms. The van der Waals surface area contributed by atoms with Gasteiger partial charge in [-0.15, -0.1) is 0 Å². The quantitative estimate of drug-likeness (QED) is 0.394. The fraction of sp³-hybridized carbons (Fsp3) is 0.273. The lowest BCUT2D eigenvalue weighted by Gasteiger charge is -2.17. The van der Waals surface area contributed by atoms with Crippen molar-refractivity contribution in [3.63, 3.8) is 0 Å². The molecule has 0 saturated carbocycles. The first-order valence-electron chi connectivity index (χ1n) is 9.85. The van der Waals surface area contributed by atoms with Crippen molar-refractivity contribution >= 4 is 29.1 Å². The number of amides is 1. The second kappa shape index (κ2) is 8.96. The van der Waals surface area contributed by atoms with Gasteiger partial charge in [0.2, 0.25) is 0 Å². The highest BCUT2D eigenvalue weighted by Gasteiger charge is 2.24. The lowest BCUT2D eigenvalue weighted by Crippen LogP contribution is -2.39. The third-order valence-electron chi connectivity index (χ3n) is 5.08. The van der Waals surface area contributed by atoms with Gasteiger partial charge in [-0.1, -0.05) is 38.1 Å². The number of carboxylic acids is 1. The Kier molecular flexibility index (Phi) is 6.33. The number of carbonyl (C=O) groups is 3. The van der Waals surface area contributed by atoms with Gasteiger partial charge in [0.25, 0.3) is 5.56 Å². The van der Waals surface area contributed by atoms with E-state index in [-0.39, 0.29) is 29.1 Å². The third kappa shape index (κ3) is 4.34. The highest BCUT2D eigenvalue weighted by molar-refractivity contribution is 5.91. The molecular weight excluding hydrogens is 418 g/mol. The van der Waals surface area contributed by atoms with E-state index in [9.17, 15) is 24.3 Å². The molecule has 2 aromatic carbocycles. The van der Waals surface area contributed by atoms with E-state index in [0.29, 0.717) is 4.68 Å². The summed E-state index contributed by atoms with van der Waals surface area (Å²) in [6.07, 6.45) is -1.63. The molecule has 168 valence electrons. The van der Waals surface area contributed by atoms with Gasteiger partial charge in [0.15, 0.2) is 5.75 Å². The molecule has 3 aromatic rings. The average Bonchev–Trinajstić information content (AvgIpc) is 2.98. The number of aliphatic carboxylic acids is 1. The van der Waals surface area contributed by atoms with Crippen LogP contribution in [-0.2, 0) is 17.9 Å². The number of nitrogens with zero attached hydrogens (tertiary/aromatic N) is 2. The lowest BCUT2D eigenvalue weighted by atomic mass is 9.94. The van der Waals surface area contributed by atoms with Gasteiger partial charge in [0.1, 0.15) is 12.1 Å². The molecule has 0 atom stereocenters. The van der Waals surface area contributed by atoms with E-state index in [2.05, 4.69) is 5.32 Å². The first kappa shape index (κ1) is 22.6. The van der Waals surface area contributed by atoms with Gasteiger partial charge in [-0.25, -0.2) is 9.59 Å². The van der Waals surface area contributed by atoms with Gasteiger partial charge in [-0.3, -0.25) is 14.3 Å². The van der Waals surface area contributed by atoms with Crippen molar-refractivity contribution in [2.24, 2.45) is 0 Å². The van der Waals surface area contributed by atoms with Crippen molar-refractivity contribution in [2.45, 2.75) is 39.8 Å². The molecule has 3 rings (SSSR count). The first-order chi connectivity index (χ1) is 15.1. The number of nitrogens with one attached hydrogen (secondary N) is 1. The Hall–Kier alpha value is -4.08. The molecule has 0 saturated heterocycles. The first-order valence-corrected chi connectivity index (χ1v) is 9.85. The minimum absolute atomic E-state index is 0.0427. The van der Waals surface area contributed by atoms with E-state index in [1.54, 1.807) is 0 Å². The Morgan fingerprint density at radius 1 is 1.09 bits per heavy atom. The Labute approximate surface area is 182 Å². The van der Waals surface area contributed by atoms with Crippen molar-refractivity contribution < 1.29 is 29.3 Å². The van der Waals surface area contributed by atoms with E-state index >= 15 is 0 Å². The summed E-state index contributed by atoms with van der Waals surface area (Å²) in [5.74, 6) is -1.37. The summed E-state index contributed by atoms with van der Waals surface area (Å²) >= 11 is 0. The highest BCUT2D eigenvalue weighted by atomic mass is 16.7. The molecule has 0 bridgehead atoms. The largest absolute Gasteiger partial charge is 0.511 e. The van der Waals surface area contributed by atoms with Crippen LogP contribution in [0.25, 0.3) is 10.9 Å². The molecule has 0 aliphatic heterocycles. The maximum Gasteiger partial charge on any atom is 0.511 e. The summed E-state index contributed by atoms with van der Waals surface area (Å²) in [6.45, 7) is 5.33. The topological polar surface area (TPSA) is 140 Å². The van der Waals surface area contributed by atoms with Crippen molar-refractivity contribution in [3.8, 4) is 5.75 Å². The molecule has 0 radical (unpaired) electrons. The number of hydrogen-bond acceptors (Lipinski definition) is 5. The van der Waals surface area contributed by atoms with Crippen molar-refractivity contribution in [3.05, 3.63) is 63.4 Å². The fourth-order valence-corrected chi connectivity index (χ4v) is 3.69. The van der Waals surface area contributed by atoms with E-state index < -0.39 is 30.3 Å². The van der Waals surface area contributed by atoms with Gasteiger partial charge in [-0.2, -0.15) is 4.68 Å². The summed E-state index contributed by atoms with van der Waals surface area (Å²) in [6, 6.07) is 8.99. The monoisotopic (exact) mass is 441 g/mol. The maximum absolute atomic E-state index is 13.0. The summed E-state index contributed by atoms with van der Waals surface area (Å²) in [5, 5.41) is 20.9. The molecule has 0 aliphatic carbocycles. The third-order valence-corrected chi connectivity index (χ3v) is 5.08. The Balaban J connectivity index is 2.08. The van der Waals surface area contributed by atoms with Crippen LogP contribution in [0.3, 0.4) is 0 Å². The molecule has 1 amide bonds. The molecule has 0 aliphatic rings. The van der Waals surface area contributed by atoms with Crippen molar-refractivity contribution in [1.29, 1.82) is 0 Å². The van der Waals surface area contributed by atoms with Crippen LogP contribution in [-0.4, -0.2) is 37.7 Å². The number of hydrogen-bond donors (Lipinski definition) is 3. The second-order valence-electron chi connectivity index (χ2n) is 7.54. The van der Waals surface area contributed by atoms with Crippen molar-refractivity contribution in [2.75, 3.05) is 0 Å². The number of rotatable bonds is 6. The van der Waals surface area contributed by atoms with E-state index in [4.69, 9.17) is 9.84 Å². The number of benzene rings is 2. The lowest BCUT2D eigenvalue weighted by molar-refractivity contribution is -0.137. The minimum atomic E-state index is -1.63. The molecule has 10 nitrogen and oxygen atoms in total. The predicted molar refractivity (Wildman–Crippen MR) is 115 cm³/mol. The van der Waals surface area contributed by atoms with Gasteiger partial charge in [0, 0.05) is 6.54 Å². The number of carbonyl (C=O) groups excluding carboxylic acids is 1. The number of fused-ring (bicyclic) bond motifs is 1. The van der Waals surface area contributed by atoms with Gasteiger partial charge in [-0.05, 0) is 41.7 Å². The van der Waals surface area contributed by atoms with Crippen LogP contribution in [0.5, 0.6) is 5.75 Å². The number of ether oxygens (including phenoxy) is 1. The average molecular weight is 441 g/mol. The molecule has 0 fully saturated rings. The Morgan fingerprint density at radius 2 is 1.78 bits per heavy atom. The summed E-state index contributed by atoms with van der Waals surface area (Å²) in [4.78, 5) is 48.5. The zero-order valence-electron chi connectivity index (χ0n) is 17.8. The Morgan fingerprint density at radius 3 is 2.41 bits per heavy atom. The van der Waals surface area contributed by atoms with Gasteiger partial charge in [0.05, 0.1) is 5.39 Å². The summed E-state index contributed by atoms with van der Waals surface area (Å²) < 4.78 is 6.26. The number of aromatic nitrogens is 2. The summed E-state index contributed by atoms with van der Waals surface area (Å²) in [7, 11) is 0. The molecule has 10 heteroatoms. The van der Waals surface area contributed by atoms with Crippen LogP contribution in [0.4, 0.5) is 9.59 Å². The van der Waals surface area contributed by atoms with E-state index in [1.807, 2.05) is 39.0 Å². The molecular formula is C22H23N3O7. The van der Waals surface area contributed by atoms with Crippen LogP contribution < -0.4 is 15.6 Å². The number of para-hydroxylation sites is 1. The van der Waals surface area contributed by atoms with Crippen LogP contribution in [0.1, 0.15) is 36.5 Å². The van der Waals surface area contributed by atoms with E-state index in [1.165, 1.54) is 18.2 Å². The standard InChI is InChI=1S/C22H23N3O7/c1-12(2)14-7-4-6-13(3)16(14)10-23-21(29)25-20(28)15-8-5-9-17(32-22(30)31)19(15)24(25)11-18(26)27/h4-9,12H,10-11H2,1-3H3,(H,23,29)(H,26,27)(H,30,31). The van der Waals surface area contributed by atoms with Crippen LogP contribution in [0, 0.1) is 6.92 Å². The molecule has 1 heterocycles. The van der Waals surface area contributed by atoms with Gasteiger partial charge >= 0.3 is 18.2 Å². The van der Waals surface area contributed by atoms with Crippen LogP contribution in [0.2, 0.25) is 0 Å². The highest BCUT2D eigenvalue weighted by Crippen LogP contribution is 2.25. The minimum Gasteiger partial charge on any atom is -0.480 e. The normalized spacial score (nSPS) is 11.0. The smallest absolute Gasteiger partial charge is 0.480 e. The fourth-order valence-electron chi connectivity index (χ4n) is 3.69.